The van der Waals surface area contributed by atoms with Crippen LogP contribution in [-0.4, -0.2) is 41.2 Å². The van der Waals surface area contributed by atoms with Crippen LogP contribution in [-0.2, 0) is 11.3 Å². The highest BCUT2D eigenvalue weighted by molar-refractivity contribution is 7.18. The monoisotopic (exact) mass is 359 g/mol. The average molecular weight is 360 g/mol. The maximum Gasteiger partial charge on any atom is 0.127 e. The van der Waals surface area contributed by atoms with E-state index in [9.17, 15) is 0 Å². The lowest BCUT2D eigenvalue weighted by Crippen LogP contribution is -2.36. The Morgan fingerprint density at radius 3 is 2.64 bits per heavy atom. The molecule has 0 atom stereocenters. The van der Waals surface area contributed by atoms with Crippen molar-refractivity contribution in [1.82, 2.24) is 14.9 Å². The predicted octanol–water partition coefficient (Wildman–Crippen LogP) is 4.52. The SMILES string of the molecule is Cc1nc(CN2CCOCC2)c2cc(C3CCC(C)(C)CC3)sc2n1. The van der Waals surface area contributed by atoms with Crippen LogP contribution in [0.15, 0.2) is 6.07 Å². The van der Waals surface area contributed by atoms with E-state index in [1.165, 1.54) is 46.5 Å². The zero-order valence-corrected chi connectivity index (χ0v) is 16.5. The fraction of sp³-hybridized carbons (Fsp3) is 0.700. The van der Waals surface area contributed by atoms with Gasteiger partial charge in [-0.05, 0) is 50.0 Å². The van der Waals surface area contributed by atoms with Crippen LogP contribution in [0.25, 0.3) is 10.2 Å². The van der Waals surface area contributed by atoms with Crippen LogP contribution >= 0.6 is 11.3 Å². The van der Waals surface area contributed by atoms with Crippen molar-refractivity contribution in [2.24, 2.45) is 5.41 Å². The van der Waals surface area contributed by atoms with Gasteiger partial charge in [-0.15, -0.1) is 11.3 Å². The summed E-state index contributed by atoms with van der Waals surface area (Å²) < 4.78 is 5.48. The molecule has 136 valence electrons. The molecule has 0 aromatic carbocycles. The van der Waals surface area contributed by atoms with E-state index in [1.54, 1.807) is 0 Å². The lowest BCUT2D eigenvalue weighted by Gasteiger charge is -2.33. The Balaban J connectivity index is 1.60. The highest BCUT2D eigenvalue weighted by Crippen LogP contribution is 2.45. The molecule has 1 saturated heterocycles. The van der Waals surface area contributed by atoms with Gasteiger partial charge in [0.05, 0.1) is 18.9 Å². The first-order chi connectivity index (χ1) is 12.0. The third-order valence-electron chi connectivity index (χ3n) is 5.82. The van der Waals surface area contributed by atoms with Crippen LogP contribution < -0.4 is 0 Å². The van der Waals surface area contributed by atoms with Gasteiger partial charge in [0.25, 0.3) is 0 Å². The van der Waals surface area contributed by atoms with Gasteiger partial charge in [-0.2, -0.15) is 0 Å². The van der Waals surface area contributed by atoms with E-state index in [1.807, 2.05) is 18.3 Å². The van der Waals surface area contributed by atoms with Crippen molar-refractivity contribution >= 4 is 21.6 Å². The zero-order valence-electron chi connectivity index (χ0n) is 15.7. The fourth-order valence-electron chi connectivity index (χ4n) is 4.09. The Hall–Kier alpha value is -1.04. The molecule has 5 heteroatoms. The molecule has 0 spiro atoms. The molecule has 2 aromatic rings. The fourth-order valence-corrected chi connectivity index (χ4v) is 5.36. The van der Waals surface area contributed by atoms with E-state index in [-0.39, 0.29) is 0 Å². The maximum absolute atomic E-state index is 5.48. The van der Waals surface area contributed by atoms with E-state index in [2.05, 4.69) is 24.8 Å². The van der Waals surface area contributed by atoms with E-state index < -0.39 is 0 Å². The van der Waals surface area contributed by atoms with Gasteiger partial charge in [-0.1, -0.05) is 13.8 Å². The first kappa shape index (κ1) is 17.4. The molecule has 0 bridgehead atoms. The molecule has 2 aromatic heterocycles. The summed E-state index contributed by atoms with van der Waals surface area (Å²) >= 11 is 1.90. The van der Waals surface area contributed by atoms with Gasteiger partial charge in [-0.25, -0.2) is 9.97 Å². The summed E-state index contributed by atoms with van der Waals surface area (Å²) in [7, 11) is 0. The van der Waals surface area contributed by atoms with E-state index in [4.69, 9.17) is 14.7 Å². The number of thiophene rings is 1. The second-order valence-electron chi connectivity index (χ2n) is 8.41. The molecule has 2 fully saturated rings. The summed E-state index contributed by atoms with van der Waals surface area (Å²) in [5.74, 6) is 1.61. The molecule has 0 unspecified atom stereocenters. The minimum Gasteiger partial charge on any atom is -0.379 e. The number of ether oxygens (including phenoxy) is 1. The van der Waals surface area contributed by atoms with Crippen LogP contribution in [0.5, 0.6) is 0 Å². The summed E-state index contributed by atoms with van der Waals surface area (Å²) in [5, 5.41) is 1.28. The summed E-state index contributed by atoms with van der Waals surface area (Å²) in [6.45, 7) is 11.4. The topological polar surface area (TPSA) is 38.2 Å². The molecule has 4 rings (SSSR count). The van der Waals surface area contributed by atoms with E-state index >= 15 is 0 Å². The standard InChI is InChI=1S/C20H29N3OS/c1-14-21-17(13-23-8-10-24-11-9-23)16-12-18(25-19(16)22-14)15-4-6-20(2,3)7-5-15/h12,15H,4-11,13H2,1-3H3. The first-order valence-electron chi connectivity index (χ1n) is 9.57. The Kier molecular flexibility index (Phi) is 4.82. The minimum atomic E-state index is 0.519. The van der Waals surface area contributed by atoms with Crippen molar-refractivity contribution in [3.8, 4) is 0 Å². The molecular weight excluding hydrogens is 330 g/mol. The molecule has 4 nitrogen and oxygen atoms in total. The van der Waals surface area contributed by atoms with Gasteiger partial charge in [-0.3, -0.25) is 4.90 Å². The number of nitrogens with zero attached hydrogens (tertiary/aromatic N) is 3. The molecule has 0 N–H and O–H groups in total. The van der Waals surface area contributed by atoms with Gasteiger partial charge in [0.1, 0.15) is 10.7 Å². The maximum atomic E-state index is 5.48. The Morgan fingerprint density at radius 2 is 1.92 bits per heavy atom. The van der Waals surface area contributed by atoms with E-state index in [0.717, 1.165) is 38.7 Å². The van der Waals surface area contributed by atoms with Crippen molar-refractivity contribution in [2.45, 2.75) is 58.9 Å². The molecule has 3 heterocycles. The molecule has 0 amide bonds. The summed E-state index contributed by atoms with van der Waals surface area (Å²) in [5.41, 5.74) is 1.72. The molecule has 25 heavy (non-hydrogen) atoms. The lowest BCUT2D eigenvalue weighted by atomic mass is 9.73. The quantitative estimate of drug-likeness (QED) is 0.808. The lowest BCUT2D eigenvalue weighted by molar-refractivity contribution is 0.0338. The van der Waals surface area contributed by atoms with Gasteiger partial charge in [0.15, 0.2) is 0 Å². The zero-order chi connectivity index (χ0) is 17.4. The van der Waals surface area contributed by atoms with Crippen molar-refractivity contribution in [2.75, 3.05) is 26.3 Å². The molecular formula is C20H29N3OS. The molecule has 2 aliphatic rings. The Labute approximate surface area is 154 Å². The second kappa shape index (κ2) is 6.93. The molecule has 1 saturated carbocycles. The number of aryl methyl sites for hydroxylation is 1. The second-order valence-corrected chi connectivity index (χ2v) is 9.47. The summed E-state index contributed by atoms with van der Waals surface area (Å²) in [6, 6.07) is 2.40. The van der Waals surface area contributed by atoms with Crippen LogP contribution in [0.1, 0.15) is 61.8 Å². The van der Waals surface area contributed by atoms with Crippen molar-refractivity contribution < 1.29 is 4.74 Å². The number of fused-ring (bicyclic) bond motifs is 1. The first-order valence-corrected chi connectivity index (χ1v) is 10.4. The smallest absolute Gasteiger partial charge is 0.127 e. The third kappa shape index (κ3) is 3.88. The van der Waals surface area contributed by atoms with Crippen LogP contribution in [0.4, 0.5) is 0 Å². The molecule has 0 radical (unpaired) electrons. The van der Waals surface area contributed by atoms with Crippen molar-refractivity contribution in [3.05, 3.63) is 22.5 Å². The van der Waals surface area contributed by atoms with Crippen LogP contribution in [0.2, 0.25) is 0 Å². The number of hydrogen-bond donors (Lipinski definition) is 0. The summed E-state index contributed by atoms with van der Waals surface area (Å²) in [6.07, 6.45) is 5.28. The minimum absolute atomic E-state index is 0.519. The number of aromatic nitrogens is 2. The van der Waals surface area contributed by atoms with Gasteiger partial charge in [0, 0.05) is 29.9 Å². The third-order valence-corrected chi connectivity index (χ3v) is 7.01. The van der Waals surface area contributed by atoms with Crippen LogP contribution in [0.3, 0.4) is 0 Å². The molecule has 1 aliphatic carbocycles. The predicted molar refractivity (Wildman–Crippen MR) is 103 cm³/mol. The number of rotatable bonds is 3. The number of morpholine rings is 1. The van der Waals surface area contributed by atoms with Crippen molar-refractivity contribution in [3.63, 3.8) is 0 Å². The normalized spacial score (nSPS) is 22.5. The van der Waals surface area contributed by atoms with Gasteiger partial charge in [0.2, 0.25) is 0 Å². The Morgan fingerprint density at radius 1 is 1.20 bits per heavy atom. The van der Waals surface area contributed by atoms with Crippen LogP contribution in [0, 0.1) is 12.3 Å². The number of hydrogen-bond acceptors (Lipinski definition) is 5. The largest absolute Gasteiger partial charge is 0.379 e. The van der Waals surface area contributed by atoms with Gasteiger partial charge < -0.3 is 4.74 Å². The summed E-state index contributed by atoms with van der Waals surface area (Å²) in [4.78, 5) is 14.7. The molecule has 1 aliphatic heterocycles. The average Bonchev–Trinajstić information content (AvgIpc) is 2.99. The van der Waals surface area contributed by atoms with E-state index in [0.29, 0.717) is 11.3 Å². The highest BCUT2D eigenvalue weighted by Gasteiger charge is 2.29. The Bertz CT molecular complexity index is 739. The van der Waals surface area contributed by atoms with Crippen molar-refractivity contribution in [1.29, 1.82) is 0 Å². The van der Waals surface area contributed by atoms with Gasteiger partial charge >= 0.3 is 0 Å². The highest BCUT2D eigenvalue weighted by atomic mass is 32.1.